The fourth-order valence-electron chi connectivity index (χ4n) is 1.19. The summed E-state index contributed by atoms with van der Waals surface area (Å²) in [5, 5.41) is 0. The highest BCUT2D eigenvalue weighted by molar-refractivity contribution is 7.80. The Morgan fingerprint density at radius 3 is 2.00 bits per heavy atom. The first kappa shape index (κ1) is 10.6. The smallest absolute Gasteiger partial charge is 0.0201 e. The minimum atomic E-state index is 0.451. The molecule has 2 N–H and O–H groups in total. The van der Waals surface area contributed by atoms with Crippen LogP contribution in [-0.2, 0) is 0 Å². The maximum absolute atomic E-state index is 5.71. The molecule has 0 aliphatic heterocycles. The van der Waals surface area contributed by atoms with Gasteiger partial charge in [-0.3, -0.25) is 0 Å². The number of nitrogens with two attached hydrogens (primary N) is 1. The van der Waals surface area contributed by atoms with Crippen LogP contribution in [0.5, 0.6) is 0 Å². The second-order valence-corrected chi connectivity index (χ2v) is 3.52. The van der Waals surface area contributed by atoms with Gasteiger partial charge in [0.25, 0.3) is 0 Å². The Morgan fingerprint density at radius 1 is 1.45 bits per heavy atom. The Balaban J connectivity index is 4.64. The molecule has 0 saturated heterocycles. The van der Waals surface area contributed by atoms with Crippen molar-refractivity contribution in [3.8, 4) is 0 Å². The highest BCUT2D eigenvalue weighted by Crippen LogP contribution is 2.15. The van der Waals surface area contributed by atoms with Crippen LogP contribution in [0.1, 0.15) is 34.1 Å². The van der Waals surface area contributed by atoms with Crippen LogP contribution in [0.2, 0.25) is 0 Å². The van der Waals surface area contributed by atoms with E-state index in [1.54, 1.807) is 0 Å². The maximum atomic E-state index is 5.71. The number of hydrogen-bond donors (Lipinski definition) is 1. The molecule has 0 rings (SSSR count). The van der Waals surface area contributed by atoms with Crippen molar-refractivity contribution < 1.29 is 0 Å². The molecule has 0 fully saturated rings. The summed E-state index contributed by atoms with van der Waals surface area (Å²) in [5.41, 5.74) is 7.73. The zero-order valence-electron chi connectivity index (χ0n) is 7.77. The molecule has 0 spiro atoms. The summed E-state index contributed by atoms with van der Waals surface area (Å²) in [6.07, 6.45) is 0.914. The summed E-state index contributed by atoms with van der Waals surface area (Å²) < 4.78 is 0. The molecular weight excluding hydrogens is 154 g/mol. The van der Waals surface area contributed by atoms with E-state index in [1.165, 1.54) is 0 Å². The minimum absolute atomic E-state index is 0.451. The van der Waals surface area contributed by atoms with Crippen LogP contribution in [0.15, 0.2) is 11.3 Å². The zero-order valence-corrected chi connectivity index (χ0v) is 8.59. The molecule has 0 saturated carbocycles. The monoisotopic (exact) mass is 171 g/mol. The van der Waals surface area contributed by atoms with E-state index in [0.717, 1.165) is 22.6 Å². The minimum Gasteiger partial charge on any atom is -0.402 e. The van der Waals surface area contributed by atoms with Gasteiger partial charge in [-0.05, 0) is 24.8 Å². The summed E-state index contributed by atoms with van der Waals surface area (Å²) >= 11 is 5.19. The van der Waals surface area contributed by atoms with Crippen LogP contribution in [0.3, 0.4) is 0 Å². The molecule has 11 heavy (non-hydrogen) atoms. The average molecular weight is 171 g/mol. The van der Waals surface area contributed by atoms with E-state index in [4.69, 9.17) is 18.0 Å². The van der Waals surface area contributed by atoms with Crippen molar-refractivity contribution in [1.82, 2.24) is 0 Å². The normalized spacial score (nSPS) is 13.2. The third-order valence-corrected chi connectivity index (χ3v) is 2.13. The van der Waals surface area contributed by atoms with Gasteiger partial charge in [-0.25, -0.2) is 0 Å². The molecule has 64 valence electrons. The largest absolute Gasteiger partial charge is 0.402 e. The Labute approximate surface area is 74.7 Å². The lowest BCUT2D eigenvalue weighted by Crippen LogP contribution is -2.11. The average Bonchev–Trinajstić information content (AvgIpc) is 1.85. The fraction of sp³-hybridized carbons (Fsp3) is 0.667. The van der Waals surface area contributed by atoms with E-state index in [0.29, 0.717) is 5.92 Å². The molecule has 0 radical (unpaired) electrons. The predicted octanol–water partition coefficient (Wildman–Crippen LogP) is 2.66. The highest BCUT2D eigenvalue weighted by Gasteiger charge is 2.09. The summed E-state index contributed by atoms with van der Waals surface area (Å²) in [5.74, 6) is 0.451. The van der Waals surface area contributed by atoms with Crippen molar-refractivity contribution in [3.05, 3.63) is 11.3 Å². The first-order chi connectivity index (χ1) is 5.00. The van der Waals surface area contributed by atoms with Gasteiger partial charge < -0.3 is 5.73 Å². The molecule has 0 aromatic carbocycles. The molecule has 0 unspecified atom stereocenters. The molecule has 0 aliphatic carbocycles. The van der Waals surface area contributed by atoms with E-state index in [9.17, 15) is 0 Å². The molecular formula is C9H17NS. The molecule has 0 aromatic rings. The zero-order chi connectivity index (χ0) is 9.02. The van der Waals surface area contributed by atoms with Crippen molar-refractivity contribution in [1.29, 1.82) is 0 Å². The van der Waals surface area contributed by atoms with Crippen molar-refractivity contribution in [2.45, 2.75) is 34.1 Å². The van der Waals surface area contributed by atoms with E-state index < -0.39 is 0 Å². The van der Waals surface area contributed by atoms with Crippen molar-refractivity contribution in [2.24, 2.45) is 11.7 Å². The fourth-order valence-corrected chi connectivity index (χ4v) is 1.58. The van der Waals surface area contributed by atoms with Crippen molar-refractivity contribution in [2.75, 3.05) is 0 Å². The van der Waals surface area contributed by atoms with Crippen LogP contribution in [-0.4, -0.2) is 4.86 Å². The standard InChI is InChI=1S/C9H17NS/c1-5-8(11)9(6(2)3)7(4)10/h6H,5,10H2,1-4H3/b9-7-. The summed E-state index contributed by atoms with van der Waals surface area (Å²) in [7, 11) is 0. The molecule has 1 nitrogen and oxygen atoms in total. The van der Waals surface area contributed by atoms with Gasteiger partial charge in [-0.15, -0.1) is 0 Å². The summed E-state index contributed by atoms with van der Waals surface area (Å²) in [6, 6.07) is 0. The van der Waals surface area contributed by atoms with E-state index in [2.05, 4.69) is 20.8 Å². The first-order valence-corrected chi connectivity index (χ1v) is 4.41. The molecule has 0 atom stereocenters. The molecule has 0 aliphatic rings. The van der Waals surface area contributed by atoms with Crippen LogP contribution < -0.4 is 5.73 Å². The van der Waals surface area contributed by atoms with Crippen LogP contribution >= 0.6 is 12.2 Å². The number of allylic oxidation sites excluding steroid dienone is 2. The van der Waals surface area contributed by atoms with Gasteiger partial charge in [0.15, 0.2) is 0 Å². The second-order valence-electron chi connectivity index (χ2n) is 3.03. The number of thiocarbonyl (C=S) groups is 1. The van der Waals surface area contributed by atoms with Crippen LogP contribution in [0.25, 0.3) is 0 Å². The van der Waals surface area contributed by atoms with Gasteiger partial charge in [0, 0.05) is 10.6 Å². The van der Waals surface area contributed by atoms with Gasteiger partial charge in [0.05, 0.1) is 0 Å². The van der Waals surface area contributed by atoms with Gasteiger partial charge in [-0.2, -0.15) is 0 Å². The summed E-state index contributed by atoms with van der Waals surface area (Å²) in [4.78, 5) is 1.00. The van der Waals surface area contributed by atoms with Crippen LogP contribution in [0.4, 0.5) is 0 Å². The quantitative estimate of drug-likeness (QED) is 0.522. The van der Waals surface area contributed by atoms with E-state index >= 15 is 0 Å². The second kappa shape index (κ2) is 4.50. The molecule has 2 heteroatoms. The lowest BCUT2D eigenvalue weighted by molar-refractivity contribution is 0.788. The molecule has 0 bridgehead atoms. The van der Waals surface area contributed by atoms with Crippen molar-refractivity contribution >= 4 is 17.1 Å². The SMILES string of the molecule is CCC(=S)/C(=C(/C)N)C(C)C. The van der Waals surface area contributed by atoms with Gasteiger partial charge in [0.2, 0.25) is 0 Å². The Bertz CT molecular complexity index is 176. The molecule has 0 heterocycles. The van der Waals surface area contributed by atoms with E-state index in [1.807, 2.05) is 6.92 Å². The Hall–Kier alpha value is -0.370. The number of hydrogen-bond acceptors (Lipinski definition) is 2. The predicted molar refractivity (Wildman–Crippen MR) is 54.6 cm³/mol. The Morgan fingerprint density at radius 2 is 1.91 bits per heavy atom. The van der Waals surface area contributed by atoms with Gasteiger partial charge in [0.1, 0.15) is 0 Å². The van der Waals surface area contributed by atoms with Gasteiger partial charge >= 0.3 is 0 Å². The maximum Gasteiger partial charge on any atom is 0.0201 e. The first-order valence-electron chi connectivity index (χ1n) is 4.00. The highest BCUT2D eigenvalue weighted by atomic mass is 32.1. The van der Waals surface area contributed by atoms with Crippen LogP contribution in [0, 0.1) is 5.92 Å². The molecule has 0 amide bonds. The third kappa shape index (κ3) is 3.02. The lowest BCUT2D eigenvalue weighted by Gasteiger charge is -2.13. The topological polar surface area (TPSA) is 26.0 Å². The number of rotatable bonds is 3. The van der Waals surface area contributed by atoms with E-state index in [-0.39, 0.29) is 0 Å². The lowest BCUT2D eigenvalue weighted by atomic mass is 9.97. The van der Waals surface area contributed by atoms with Gasteiger partial charge in [-0.1, -0.05) is 33.0 Å². The third-order valence-electron chi connectivity index (χ3n) is 1.62. The Kier molecular flexibility index (Phi) is 4.34. The van der Waals surface area contributed by atoms with Crippen molar-refractivity contribution in [3.63, 3.8) is 0 Å². The summed E-state index contributed by atoms with van der Waals surface area (Å²) in [6.45, 7) is 8.21. The molecule has 0 aromatic heterocycles.